The SMILES string of the molecule is CCc1c(OC(=O)C(=O)O)ccc2c3ccccc3n(C(C)=O)c12. The first-order valence-corrected chi connectivity index (χ1v) is 7.46. The molecule has 2 aromatic carbocycles. The number of carbonyl (C=O) groups excluding carboxylic acids is 2. The summed E-state index contributed by atoms with van der Waals surface area (Å²) in [4.78, 5) is 34.4. The van der Waals surface area contributed by atoms with Crippen molar-refractivity contribution in [3.8, 4) is 5.75 Å². The number of ether oxygens (including phenoxy) is 1. The highest BCUT2D eigenvalue weighted by atomic mass is 16.6. The number of carboxylic acid groups (broad SMARTS) is 1. The number of fused-ring (bicyclic) bond motifs is 3. The molecule has 0 unspecified atom stereocenters. The highest BCUT2D eigenvalue weighted by molar-refractivity contribution is 6.29. The molecule has 0 saturated heterocycles. The van der Waals surface area contributed by atoms with Gasteiger partial charge in [-0.25, -0.2) is 9.59 Å². The van der Waals surface area contributed by atoms with Gasteiger partial charge in [0.15, 0.2) is 0 Å². The van der Waals surface area contributed by atoms with Crippen molar-refractivity contribution in [2.75, 3.05) is 0 Å². The standard InChI is InChI=1S/C18H15NO5/c1-3-11-15(24-18(23)17(21)22)9-8-13-12-6-4-5-7-14(12)19(10(2)20)16(11)13/h4-9H,3H2,1-2H3,(H,21,22). The number of aryl methyl sites for hydroxylation is 1. The van der Waals surface area contributed by atoms with E-state index >= 15 is 0 Å². The van der Waals surface area contributed by atoms with Crippen LogP contribution in [0.15, 0.2) is 36.4 Å². The van der Waals surface area contributed by atoms with E-state index in [9.17, 15) is 14.4 Å². The molecule has 1 N–H and O–H groups in total. The van der Waals surface area contributed by atoms with Gasteiger partial charge in [-0.2, -0.15) is 0 Å². The van der Waals surface area contributed by atoms with Crippen LogP contribution >= 0.6 is 0 Å². The minimum atomic E-state index is -1.66. The largest absolute Gasteiger partial charge is 0.473 e. The van der Waals surface area contributed by atoms with Crippen molar-refractivity contribution in [1.29, 1.82) is 0 Å². The first kappa shape index (κ1) is 15.7. The molecule has 0 saturated carbocycles. The second kappa shape index (κ2) is 5.81. The van der Waals surface area contributed by atoms with Gasteiger partial charge >= 0.3 is 11.9 Å². The Morgan fingerprint density at radius 1 is 1.08 bits per heavy atom. The van der Waals surface area contributed by atoms with Crippen molar-refractivity contribution in [2.24, 2.45) is 0 Å². The smallest absolute Gasteiger partial charge is 0.422 e. The maximum atomic E-state index is 12.2. The second-order valence-electron chi connectivity index (χ2n) is 5.36. The lowest BCUT2D eigenvalue weighted by molar-refractivity contribution is -0.158. The molecule has 3 aromatic rings. The van der Waals surface area contributed by atoms with Gasteiger partial charge in [-0.1, -0.05) is 25.1 Å². The van der Waals surface area contributed by atoms with Gasteiger partial charge in [-0.3, -0.25) is 9.36 Å². The Balaban J connectivity index is 2.38. The van der Waals surface area contributed by atoms with Crippen LogP contribution in [-0.2, 0) is 16.0 Å². The summed E-state index contributed by atoms with van der Waals surface area (Å²) >= 11 is 0. The molecule has 0 bridgehead atoms. The molecular formula is C18H15NO5. The highest BCUT2D eigenvalue weighted by Gasteiger charge is 2.21. The Kier molecular flexibility index (Phi) is 3.81. The fourth-order valence-corrected chi connectivity index (χ4v) is 3.02. The molecule has 0 fully saturated rings. The molecule has 1 aromatic heterocycles. The van der Waals surface area contributed by atoms with E-state index in [1.54, 1.807) is 16.7 Å². The lowest BCUT2D eigenvalue weighted by atomic mass is 10.1. The predicted octanol–water partition coefficient (Wildman–Crippen LogP) is 3.01. The first-order chi connectivity index (χ1) is 11.5. The van der Waals surface area contributed by atoms with E-state index in [0.717, 1.165) is 16.3 Å². The van der Waals surface area contributed by atoms with Crippen LogP contribution in [0.2, 0.25) is 0 Å². The number of hydrogen-bond acceptors (Lipinski definition) is 4. The molecule has 122 valence electrons. The van der Waals surface area contributed by atoms with Gasteiger partial charge in [0.2, 0.25) is 5.91 Å². The van der Waals surface area contributed by atoms with Crippen molar-refractivity contribution >= 4 is 39.7 Å². The minimum absolute atomic E-state index is 0.155. The van der Waals surface area contributed by atoms with Crippen LogP contribution in [0.25, 0.3) is 21.8 Å². The van der Waals surface area contributed by atoms with Crippen molar-refractivity contribution in [3.05, 3.63) is 42.0 Å². The van der Waals surface area contributed by atoms with E-state index in [-0.39, 0.29) is 11.7 Å². The lowest BCUT2D eigenvalue weighted by Gasteiger charge is -2.11. The van der Waals surface area contributed by atoms with Crippen molar-refractivity contribution in [3.63, 3.8) is 0 Å². The van der Waals surface area contributed by atoms with Gasteiger partial charge in [-0.15, -0.1) is 0 Å². The van der Waals surface area contributed by atoms with Crippen LogP contribution in [-0.4, -0.2) is 27.5 Å². The summed E-state index contributed by atoms with van der Waals surface area (Å²) in [5, 5.41) is 10.5. The number of carboxylic acids is 1. The zero-order chi connectivity index (χ0) is 17.4. The zero-order valence-corrected chi connectivity index (χ0v) is 13.2. The summed E-state index contributed by atoms with van der Waals surface area (Å²) in [5.41, 5.74) is 2.02. The molecule has 0 aliphatic carbocycles. The van der Waals surface area contributed by atoms with E-state index in [0.29, 0.717) is 17.5 Å². The van der Waals surface area contributed by atoms with Gasteiger partial charge in [0.25, 0.3) is 0 Å². The number of aliphatic carboxylic acids is 1. The molecule has 0 aliphatic rings. The van der Waals surface area contributed by atoms with Gasteiger partial charge in [0.1, 0.15) is 5.75 Å². The summed E-state index contributed by atoms with van der Waals surface area (Å²) in [6.45, 7) is 3.32. The molecule has 6 heteroatoms. The van der Waals surface area contributed by atoms with Crippen LogP contribution < -0.4 is 4.74 Å². The molecule has 6 nitrogen and oxygen atoms in total. The molecule has 0 radical (unpaired) electrons. The van der Waals surface area contributed by atoms with E-state index < -0.39 is 11.9 Å². The Hall–Kier alpha value is -3.15. The number of benzene rings is 2. The average Bonchev–Trinajstić information content (AvgIpc) is 2.89. The van der Waals surface area contributed by atoms with Crippen LogP contribution in [0.1, 0.15) is 24.2 Å². The number of rotatable bonds is 2. The van der Waals surface area contributed by atoms with E-state index in [1.165, 1.54) is 6.92 Å². The van der Waals surface area contributed by atoms with Crippen LogP contribution in [0.4, 0.5) is 0 Å². The van der Waals surface area contributed by atoms with Gasteiger partial charge < -0.3 is 9.84 Å². The first-order valence-electron chi connectivity index (χ1n) is 7.46. The predicted molar refractivity (Wildman–Crippen MR) is 88.4 cm³/mol. The van der Waals surface area contributed by atoms with Gasteiger partial charge in [0.05, 0.1) is 11.0 Å². The second-order valence-corrected chi connectivity index (χ2v) is 5.36. The third-order valence-corrected chi connectivity index (χ3v) is 3.94. The van der Waals surface area contributed by atoms with E-state index in [1.807, 2.05) is 31.2 Å². The Morgan fingerprint density at radius 2 is 1.79 bits per heavy atom. The third-order valence-electron chi connectivity index (χ3n) is 3.94. The summed E-state index contributed by atoms with van der Waals surface area (Å²) in [6, 6.07) is 10.8. The van der Waals surface area contributed by atoms with E-state index in [2.05, 4.69) is 0 Å². The zero-order valence-electron chi connectivity index (χ0n) is 13.2. The molecular weight excluding hydrogens is 310 g/mol. The van der Waals surface area contributed by atoms with Crippen molar-refractivity contribution in [1.82, 2.24) is 4.57 Å². The number of aromatic nitrogens is 1. The molecule has 0 amide bonds. The third kappa shape index (κ3) is 2.32. The van der Waals surface area contributed by atoms with Crippen molar-refractivity contribution in [2.45, 2.75) is 20.3 Å². The number of nitrogens with zero attached hydrogens (tertiary/aromatic N) is 1. The summed E-state index contributed by atoms with van der Waals surface area (Å²) in [5.74, 6) is -3.03. The van der Waals surface area contributed by atoms with Crippen LogP contribution in [0.5, 0.6) is 5.75 Å². The Morgan fingerprint density at radius 3 is 2.42 bits per heavy atom. The highest BCUT2D eigenvalue weighted by Crippen LogP contribution is 2.36. The maximum Gasteiger partial charge on any atom is 0.422 e. The summed E-state index contributed by atoms with van der Waals surface area (Å²) in [7, 11) is 0. The number of carbonyl (C=O) groups is 3. The molecule has 0 aliphatic heterocycles. The van der Waals surface area contributed by atoms with Gasteiger partial charge in [-0.05, 0) is 24.6 Å². The molecule has 1 heterocycles. The molecule has 0 spiro atoms. The van der Waals surface area contributed by atoms with Crippen LogP contribution in [0, 0.1) is 0 Å². The number of hydrogen-bond donors (Lipinski definition) is 1. The van der Waals surface area contributed by atoms with Crippen molar-refractivity contribution < 1.29 is 24.2 Å². The quantitative estimate of drug-likeness (QED) is 0.445. The van der Waals surface area contributed by atoms with Crippen LogP contribution in [0.3, 0.4) is 0 Å². The average molecular weight is 325 g/mol. The fourth-order valence-electron chi connectivity index (χ4n) is 3.02. The molecule has 24 heavy (non-hydrogen) atoms. The monoisotopic (exact) mass is 325 g/mol. The molecule has 3 rings (SSSR count). The Bertz CT molecular complexity index is 999. The minimum Gasteiger partial charge on any atom is -0.473 e. The molecule has 0 atom stereocenters. The summed E-state index contributed by atoms with van der Waals surface area (Å²) in [6.07, 6.45) is 0.475. The normalized spacial score (nSPS) is 10.9. The summed E-state index contributed by atoms with van der Waals surface area (Å²) < 4.78 is 6.54. The number of para-hydroxylation sites is 1. The number of esters is 1. The lowest BCUT2D eigenvalue weighted by Crippen LogP contribution is -2.20. The maximum absolute atomic E-state index is 12.2. The van der Waals surface area contributed by atoms with E-state index in [4.69, 9.17) is 9.84 Å². The van der Waals surface area contributed by atoms with Gasteiger partial charge in [0, 0.05) is 23.3 Å². The topological polar surface area (TPSA) is 85.6 Å². The fraction of sp³-hybridized carbons (Fsp3) is 0.167. The Labute approximate surface area is 137 Å².